The fourth-order valence-corrected chi connectivity index (χ4v) is 4.86. The third-order valence-corrected chi connectivity index (χ3v) is 6.73. The Morgan fingerprint density at radius 2 is 1.77 bits per heavy atom. The number of rotatable bonds is 9. The van der Waals surface area contributed by atoms with Gasteiger partial charge >= 0.3 is 0 Å². The number of hydrogen-bond acceptors (Lipinski definition) is 5. The zero-order chi connectivity index (χ0) is 21.5. The summed E-state index contributed by atoms with van der Waals surface area (Å²) in [6.07, 6.45) is 1.26. The van der Waals surface area contributed by atoms with E-state index >= 15 is 0 Å². The number of nitrogens with one attached hydrogen (secondary N) is 1. The Balaban J connectivity index is 1.36. The molecule has 0 saturated heterocycles. The van der Waals surface area contributed by atoms with Gasteiger partial charge in [-0.15, -0.1) is 21.5 Å². The molecule has 1 unspecified atom stereocenters. The monoisotopic (exact) mass is 448 g/mol. The molecular weight excluding hydrogens is 424 g/mol. The van der Waals surface area contributed by atoms with E-state index in [4.69, 9.17) is 0 Å². The maximum absolute atomic E-state index is 12.3. The number of benzene rings is 2. The Labute approximate surface area is 190 Å². The Bertz CT molecular complexity index is 1100. The summed E-state index contributed by atoms with van der Waals surface area (Å²) in [5.74, 6) is 1.71. The molecule has 0 radical (unpaired) electrons. The molecule has 4 rings (SSSR count). The van der Waals surface area contributed by atoms with E-state index in [1.54, 1.807) is 23.1 Å². The standard InChI is InChI=1S/C24H24N4OS2/c1-18(19-10-4-2-5-11-19)25-22(29)15-9-17-31-24-27-26-23(21-14-8-16-30-21)28(24)20-12-6-3-7-13-20/h2-8,10-14,16,18H,9,15,17H2,1H3,(H,25,29). The number of carbonyl (C=O) groups is 1. The van der Waals surface area contributed by atoms with E-state index in [-0.39, 0.29) is 11.9 Å². The van der Waals surface area contributed by atoms with Crippen LogP contribution in [0.4, 0.5) is 0 Å². The molecule has 2 aromatic heterocycles. The van der Waals surface area contributed by atoms with Crippen LogP contribution in [-0.4, -0.2) is 26.4 Å². The molecule has 0 bridgehead atoms. The van der Waals surface area contributed by atoms with Crippen LogP contribution >= 0.6 is 23.1 Å². The van der Waals surface area contributed by atoms with Crippen molar-refractivity contribution < 1.29 is 4.79 Å². The summed E-state index contributed by atoms with van der Waals surface area (Å²) < 4.78 is 2.09. The van der Waals surface area contributed by atoms with Gasteiger partial charge < -0.3 is 5.32 Å². The maximum atomic E-state index is 12.3. The highest BCUT2D eigenvalue weighted by molar-refractivity contribution is 7.99. The highest BCUT2D eigenvalue weighted by Gasteiger charge is 2.17. The molecule has 7 heteroatoms. The molecule has 0 aliphatic rings. The molecule has 1 amide bonds. The number of thiophene rings is 1. The van der Waals surface area contributed by atoms with Gasteiger partial charge in [0.25, 0.3) is 0 Å². The number of thioether (sulfide) groups is 1. The van der Waals surface area contributed by atoms with Crippen LogP contribution in [0.5, 0.6) is 0 Å². The van der Waals surface area contributed by atoms with Crippen molar-refractivity contribution in [1.29, 1.82) is 0 Å². The summed E-state index contributed by atoms with van der Waals surface area (Å²) in [4.78, 5) is 13.4. The maximum Gasteiger partial charge on any atom is 0.220 e. The number of carbonyl (C=O) groups excluding carboxylic acids is 1. The van der Waals surface area contributed by atoms with Gasteiger partial charge in [-0.25, -0.2) is 0 Å². The van der Waals surface area contributed by atoms with Crippen LogP contribution in [0.1, 0.15) is 31.4 Å². The number of amides is 1. The third-order valence-electron chi connectivity index (χ3n) is 4.85. The van der Waals surface area contributed by atoms with Gasteiger partial charge in [0.05, 0.1) is 10.9 Å². The molecule has 0 spiro atoms. The molecule has 4 aromatic rings. The van der Waals surface area contributed by atoms with Gasteiger partial charge in [-0.2, -0.15) is 0 Å². The second-order valence-corrected chi connectivity index (χ2v) is 9.12. The van der Waals surface area contributed by atoms with Crippen LogP contribution in [0.25, 0.3) is 16.4 Å². The minimum absolute atomic E-state index is 0.0101. The van der Waals surface area contributed by atoms with E-state index in [9.17, 15) is 4.79 Å². The summed E-state index contributed by atoms with van der Waals surface area (Å²) in [6, 6.07) is 24.2. The van der Waals surface area contributed by atoms with Crippen LogP contribution in [0.15, 0.2) is 83.3 Å². The fourth-order valence-electron chi connectivity index (χ4n) is 3.27. The molecule has 158 valence electrons. The quantitative estimate of drug-likeness (QED) is 0.262. The smallest absolute Gasteiger partial charge is 0.220 e. The van der Waals surface area contributed by atoms with Crippen LogP contribution in [-0.2, 0) is 4.79 Å². The molecule has 31 heavy (non-hydrogen) atoms. The van der Waals surface area contributed by atoms with Crippen molar-refractivity contribution in [3.8, 4) is 16.4 Å². The summed E-state index contributed by atoms with van der Waals surface area (Å²) in [5, 5.41) is 14.8. The summed E-state index contributed by atoms with van der Waals surface area (Å²) >= 11 is 3.28. The Morgan fingerprint density at radius 1 is 1.03 bits per heavy atom. The predicted octanol–water partition coefficient (Wildman–Crippen LogP) is 5.75. The Hall–Kier alpha value is -2.90. The zero-order valence-electron chi connectivity index (χ0n) is 17.3. The lowest BCUT2D eigenvalue weighted by Crippen LogP contribution is -2.26. The minimum Gasteiger partial charge on any atom is -0.350 e. The molecule has 1 atom stereocenters. The fraction of sp³-hybridized carbons (Fsp3) is 0.208. The van der Waals surface area contributed by atoms with Crippen LogP contribution in [0.2, 0.25) is 0 Å². The molecular formula is C24H24N4OS2. The highest BCUT2D eigenvalue weighted by Crippen LogP contribution is 2.30. The van der Waals surface area contributed by atoms with Crippen molar-refractivity contribution in [2.45, 2.75) is 31.0 Å². The van der Waals surface area contributed by atoms with E-state index in [0.29, 0.717) is 6.42 Å². The summed E-state index contributed by atoms with van der Waals surface area (Å²) in [5.41, 5.74) is 2.15. The SMILES string of the molecule is CC(NC(=O)CCCSc1nnc(-c2cccs2)n1-c1ccccc1)c1ccccc1. The van der Waals surface area contributed by atoms with Crippen LogP contribution in [0, 0.1) is 0 Å². The Kier molecular flexibility index (Phi) is 7.17. The molecule has 0 aliphatic heterocycles. The summed E-state index contributed by atoms with van der Waals surface area (Å²) in [6.45, 7) is 2.01. The van der Waals surface area contributed by atoms with Gasteiger partial charge in [0.1, 0.15) is 0 Å². The lowest BCUT2D eigenvalue weighted by molar-refractivity contribution is -0.121. The third kappa shape index (κ3) is 5.42. The van der Waals surface area contributed by atoms with Gasteiger partial charge in [-0.1, -0.05) is 66.4 Å². The van der Waals surface area contributed by atoms with E-state index in [1.165, 1.54) is 0 Å². The number of hydrogen-bond donors (Lipinski definition) is 1. The van der Waals surface area contributed by atoms with Gasteiger partial charge in [0.2, 0.25) is 5.91 Å². The van der Waals surface area contributed by atoms with Gasteiger partial charge in [-0.3, -0.25) is 9.36 Å². The molecule has 0 saturated carbocycles. The lowest BCUT2D eigenvalue weighted by atomic mass is 10.1. The number of aromatic nitrogens is 3. The lowest BCUT2D eigenvalue weighted by Gasteiger charge is -2.14. The number of para-hydroxylation sites is 1. The zero-order valence-corrected chi connectivity index (χ0v) is 18.9. The first-order chi connectivity index (χ1) is 15.2. The van der Waals surface area contributed by atoms with E-state index in [0.717, 1.165) is 39.3 Å². The first-order valence-corrected chi connectivity index (χ1v) is 12.1. The molecule has 5 nitrogen and oxygen atoms in total. The molecule has 2 heterocycles. The second-order valence-electron chi connectivity index (χ2n) is 7.11. The van der Waals surface area contributed by atoms with E-state index < -0.39 is 0 Å². The van der Waals surface area contributed by atoms with Gasteiger partial charge in [0, 0.05) is 17.9 Å². The van der Waals surface area contributed by atoms with Crippen molar-refractivity contribution in [2.75, 3.05) is 5.75 Å². The molecule has 2 aromatic carbocycles. The average molecular weight is 449 g/mol. The molecule has 0 fully saturated rings. The Morgan fingerprint density at radius 3 is 2.48 bits per heavy atom. The van der Waals surface area contributed by atoms with E-state index in [2.05, 4.69) is 38.3 Å². The molecule has 1 N–H and O–H groups in total. The van der Waals surface area contributed by atoms with Crippen LogP contribution < -0.4 is 5.32 Å². The van der Waals surface area contributed by atoms with Crippen molar-refractivity contribution in [3.63, 3.8) is 0 Å². The predicted molar refractivity (Wildman–Crippen MR) is 128 cm³/mol. The topological polar surface area (TPSA) is 59.8 Å². The van der Waals surface area contributed by atoms with Crippen molar-refractivity contribution in [1.82, 2.24) is 20.1 Å². The van der Waals surface area contributed by atoms with Gasteiger partial charge in [-0.05, 0) is 42.5 Å². The largest absolute Gasteiger partial charge is 0.350 e. The van der Waals surface area contributed by atoms with Crippen LogP contribution in [0.3, 0.4) is 0 Å². The highest BCUT2D eigenvalue weighted by atomic mass is 32.2. The minimum atomic E-state index is 0.0101. The second kappa shape index (κ2) is 10.4. The van der Waals surface area contributed by atoms with Crippen molar-refractivity contribution >= 4 is 29.0 Å². The first kappa shape index (κ1) is 21.3. The average Bonchev–Trinajstić information content (AvgIpc) is 3.48. The molecule has 0 aliphatic carbocycles. The number of nitrogens with zero attached hydrogens (tertiary/aromatic N) is 3. The normalized spacial score (nSPS) is 11.9. The summed E-state index contributed by atoms with van der Waals surface area (Å²) in [7, 11) is 0. The van der Waals surface area contributed by atoms with E-state index in [1.807, 2.05) is 66.9 Å². The van der Waals surface area contributed by atoms with Crippen molar-refractivity contribution in [2.24, 2.45) is 0 Å². The first-order valence-electron chi connectivity index (χ1n) is 10.2. The van der Waals surface area contributed by atoms with Crippen molar-refractivity contribution in [3.05, 3.63) is 83.7 Å². The van der Waals surface area contributed by atoms with Gasteiger partial charge in [0.15, 0.2) is 11.0 Å².